The highest BCUT2D eigenvalue weighted by atomic mass is 19.4. The van der Waals surface area contributed by atoms with Crippen molar-refractivity contribution >= 4 is 5.69 Å². The fourth-order valence-electron chi connectivity index (χ4n) is 3.70. The molecule has 4 atom stereocenters. The molecule has 10 heteroatoms. The highest BCUT2D eigenvalue weighted by Crippen LogP contribution is 2.44. The van der Waals surface area contributed by atoms with Gasteiger partial charge >= 0.3 is 12.4 Å². The second-order valence-corrected chi connectivity index (χ2v) is 6.43. The fourth-order valence-corrected chi connectivity index (χ4v) is 3.70. The summed E-state index contributed by atoms with van der Waals surface area (Å²) in [4.78, 5) is 1.15. The number of benzene rings is 1. The van der Waals surface area contributed by atoms with E-state index in [9.17, 15) is 31.4 Å². The van der Waals surface area contributed by atoms with E-state index in [1.54, 1.807) is 0 Å². The molecule has 3 rings (SSSR count). The predicted octanol–water partition coefficient (Wildman–Crippen LogP) is 2.95. The van der Waals surface area contributed by atoms with Crippen molar-refractivity contribution in [2.45, 2.75) is 24.5 Å². The molecule has 2 aliphatic rings. The lowest BCUT2D eigenvalue weighted by molar-refractivity contribution is -0.212. The number of rotatable bonds is 2. The molecule has 142 valence electrons. The van der Waals surface area contributed by atoms with Crippen molar-refractivity contribution in [2.24, 2.45) is 11.8 Å². The van der Waals surface area contributed by atoms with Gasteiger partial charge in [0, 0.05) is 24.1 Å². The molecular weight excluding hydrogens is 366 g/mol. The van der Waals surface area contributed by atoms with E-state index in [4.69, 9.17) is 10.00 Å². The number of nitrogens with zero attached hydrogens (tertiary/aromatic N) is 2. The van der Waals surface area contributed by atoms with Gasteiger partial charge in [-0.15, -0.1) is 0 Å². The lowest BCUT2D eigenvalue weighted by Gasteiger charge is -2.34. The molecule has 0 saturated carbocycles. The first kappa shape index (κ1) is 18.8. The Hall–Kier alpha value is -1.99. The third kappa shape index (κ3) is 3.21. The van der Waals surface area contributed by atoms with Crippen molar-refractivity contribution in [1.29, 1.82) is 5.26 Å². The topological polar surface area (TPSA) is 56.5 Å². The zero-order chi connectivity index (χ0) is 19.3. The van der Waals surface area contributed by atoms with E-state index in [0.29, 0.717) is 6.07 Å². The smallest absolute Gasteiger partial charge is 0.382 e. The van der Waals surface area contributed by atoms with Crippen molar-refractivity contribution in [1.82, 2.24) is 0 Å². The van der Waals surface area contributed by atoms with Crippen molar-refractivity contribution in [3.8, 4) is 6.07 Å². The monoisotopic (exact) mass is 380 g/mol. The average Bonchev–Trinajstić information content (AvgIpc) is 3.12. The molecule has 2 aliphatic heterocycles. The van der Waals surface area contributed by atoms with Gasteiger partial charge in [0.05, 0.1) is 36.5 Å². The van der Waals surface area contributed by atoms with Gasteiger partial charge in [-0.2, -0.15) is 31.6 Å². The summed E-state index contributed by atoms with van der Waals surface area (Å²) in [6, 6.07) is 2.75. The summed E-state index contributed by atoms with van der Waals surface area (Å²) < 4.78 is 83.9. The van der Waals surface area contributed by atoms with Crippen LogP contribution >= 0.6 is 0 Å². The summed E-state index contributed by atoms with van der Waals surface area (Å²) in [6.45, 7) is 0.220. The van der Waals surface area contributed by atoms with E-state index in [0.717, 1.165) is 11.0 Å². The summed E-state index contributed by atoms with van der Waals surface area (Å²) in [5.74, 6) is -0.960. The van der Waals surface area contributed by atoms with Crippen molar-refractivity contribution in [3.05, 3.63) is 29.3 Å². The van der Waals surface area contributed by atoms with Gasteiger partial charge in [-0.05, 0) is 18.2 Å². The summed E-state index contributed by atoms with van der Waals surface area (Å²) in [5, 5.41) is 18.6. The Morgan fingerprint density at radius 1 is 1.19 bits per heavy atom. The van der Waals surface area contributed by atoms with Crippen LogP contribution in [0.1, 0.15) is 11.1 Å². The Balaban J connectivity index is 2.03. The van der Waals surface area contributed by atoms with Crippen LogP contribution in [0.4, 0.5) is 32.0 Å². The van der Waals surface area contributed by atoms with E-state index in [2.05, 4.69) is 0 Å². The highest BCUT2D eigenvalue weighted by Gasteiger charge is 2.55. The predicted molar refractivity (Wildman–Crippen MR) is 77.2 cm³/mol. The second-order valence-electron chi connectivity index (χ2n) is 6.43. The Labute approximate surface area is 144 Å². The molecule has 0 spiro atoms. The minimum Gasteiger partial charge on any atom is -0.382 e. The van der Waals surface area contributed by atoms with Crippen molar-refractivity contribution in [2.75, 3.05) is 24.7 Å². The molecule has 0 bridgehead atoms. The van der Waals surface area contributed by atoms with Crippen molar-refractivity contribution in [3.63, 3.8) is 0 Å². The van der Waals surface area contributed by atoms with Crippen molar-refractivity contribution < 1.29 is 36.2 Å². The highest BCUT2D eigenvalue weighted by molar-refractivity contribution is 5.56. The van der Waals surface area contributed by atoms with Crippen LogP contribution in [-0.2, 0) is 10.9 Å². The third-order valence-corrected chi connectivity index (χ3v) is 4.90. The lowest BCUT2D eigenvalue weighted by atomic mass is 9.90. The number of fused-ring (bicyclic) bond motifs is 1. The maximum atomic E-state index is 13.2. The molecule has 2 fully saturated rings. The molecule has 2 saturated heterocycles. The maximum Gasteiger partial charge on any atom is 0.417 e. The summed E-state index contributed by atoms with van der Waals surface area (Å²) in [5.41, 5.74) is -1.94. The average molecular weight is 380 g/mol. The SMILES string of the molecule is N#Cc1ccc(N2C[C@H]3COC[C@H]3[C@@H]2[C@@H](O)C(F)(F)F)cc1C(F)(F)F. The number of nitriles is 1. The summed E-state index contributed by atoms with van der Waals surface area (Å²) in [6.07, 6.45) is -12.5. The molecule has 2 heterocycles. The van der Waals surface area contributed by atoms with Crippen LogP contribution in [0.3, 0.4) is 0 Å². The van der Waals surface area contributed by atoms with Crippen LogP contribution in [0.2, 0.25) is 0 Å². The lowest BCUT2D eigenvalue weighted by Crippen LogP contribution is -2.50. The second kappa shape index (κ2) is 6.32. The quantitative estimate of drug-likeness (QED) is 0.802. The molecule has 0 aromatic heterocycles. The van der Waals surface area contributed by atoms with Crippen LogP contribution in [0, 0.1) is 23.2 Å². The van der Waals surface area contributed by atoms with Crippen LogP contribution < -0.4 is 4.90 Å². The van der Waals surface area contributed by atoms with E-state index in [1.807, 2.05) is 0 Å². The van der Waals surface area contributed by atoms with Gasteiger partial charge < -0.3 is 14.7 Å². The zero-order valence-electron chi connectivity index (χ0n) is 13.2. The molecule has 1 aromatic carbocycles. The Morgan fingerprint density at radius 2 is 1.88 bits per heavy atom. The van der Waals surface area contributed by atoms with Gasteiger partial charge in [-0.1, -0.05) is 0 Å². The van der Waals surface area contributed by atoms with Crippen LogP contribution in [0.5, 0.6) is 0 Å². The normalized spacial score (nSPS) is 27.3. The molecule has 0 unspecified atom stereocenters. The minimum absolute atomic E-state index is 0.00137. The number of hydrogen-bond donors (Lipinski definition) is 1. The molecule has 26 heavy (non-hydrogen) atoms. The number of aliphatic hydroxyl groups is 1. The van der Waals surface area contributed by atoms with E-state index in [1.165, 1.54) is 12.1 Å². The molecular formula is C16H14F6N2O2. The van der Waals surface area contributed by atoms with Gasteiger partial charge in [-0.3, -0.25) is 0 Å². The van der Waals surface area contributed by atoms with Crippen LogP contribution in [0.15, 0.2) is 18.2 Å². The largest absolute Gasteiger partial charge is 0.417 e. The van der Waals surface area contributed by atoms with Gasteiger partial charge in [-0.25, -0.2) is 0 Å². The fraction of sp³-hybridized carbons (Fsp3) is 0.562. The Morgan fingerprint density at radius 3 is 2.46 bits per heavy atom. The molecule has 1 N–H and O–H groups in total. The number of aliphatic hydroxyl groups excluding tert-OH is 1. The molecule has 0 radical (unpaired) electrons. The first-order valence-corrected chi connectivity index (χ1v) is 7.74. The van der Waals surface area contributed by atoms with Gasteiger partial charge in [0.15, 0.2) is 6.10 Å². The Kier molecular flexibility index (Phi) is 4.56. The number of anilines is 1. The maximum absolute atomic E-state index is 13.2. The van der Waals surface area contributed by atoms with E-state index >= 15 is 0 Å². The van der Waals surface area contributed by atoms with Crippen LogP contribution in [0.25, 0.3) is 0 Å². The first-order chi connectivity index (χ1) is 12.0. The number of hydrogen-bond acceptors (Lipinski definition) is 4. The van der Waals surface area contributed by atoms with E-state index < -0.39 is 41.5 Å². The van der Waals surface area contributed by atoms with E-state index in [-0.39, 0.29) is 31.4 Å². The molecule has 4 nitrogen and oxygen atoms in total. The number of ether oxygens (including phenoxy) is 1. The molecule has 0 aliphatic carbocycles. The number of alkyl halides is 6. The third-order valence-electron chi connectivity index (χ3n) is 4.90. The molecule has 0 amide bonds. The zero-order valence-corrected chi connectivity index (χ0v) is 13.2. The van der Waals surface area contributed by atoms with Gasteiger partial charge in [0.1, 0.15) is 0 Å². The first-order valence-electron chi connectivity index (χ1n) is 7.74. The van der Waals surface area contributed by atoms with Gasteiger partial charge in [0.2, 0.25) is 0 Å². The van der Waals surface area contributed by atoms with Crippen LogP contribution in [-0.4, -0.2) is 43.2 Å². The Bertz CT molecular complexity index is 727. The number of halogens is 6. The molecule has 1 aromatic rings. The van der Waals surface area contributed by atoms with Gasteiger partial charge in [0.25, 0.3) is 0 Å². The summed E-state index contributed by atoms with van der Waals surface area (Å²) in [7, 11) is 0. The summed E-state index contributed by atoms with van der Waals surface area (Å²) >= 11 is 0. The minimum atomic E-state index is -4.92. The standard InChI is InChI=1S/C16H14F6N2O2/c17-15(18,19)12-3-10(2-1-8(12)4-23)24-5-9-6-26-7-11(9)13(24)14(25)16(20,21)22/h1-3,9,11,13-14,25H,5-7H2/t9-,11+,13+,14+/m0/s1.